The van der Waals surface area contributed by atoms with Crippen LogP contribution < -0.4 is 4.90 Å². The van der Waals surface area contributed by atoms with Gasteiger partial charge in [-0.1, -0.05) is 115 Å². The first-order valence-electron chi connectivity index (χ1n) is 18.1. The second-order valence-corrected chi connectivity index (χ2v) is 13.6. The van der Waals surface area contributed by atoms with Crippen molar-refractivity contribution in [2.24, 2.45) is 0 Å². The molecule has 7 aromatic carbocycles. The van der Waals surface area contributed by atoms with Crippen molar-refractivity contribution >= 4 is 49.8 Å². The van der Waals surface area contributed by atoms with Crippen LogP contribution in [0, 0.1) is 0 Å². The van der Waals surface area contributed by atoms with E-state index in [0.717, 1.165) is 45.1 Å². The fraction of sp³-hybridized carbons (Fsp3) is 0. The van der Waals surface area contributed by atoms with Gasteiger partial charge in [0.15, 0.2) is 0 Å². The van der Waals surface area contributed by atoms with E-state index in [-0.39, 0.29) is 0 Å². The summed E-state index contributed by atoms with van der Waals surface area (Å²) in [5.74, 6) is 0. The summed E-state index contributed by atoms with van der Waals surface area (Å²) in [5, 5.41) is 3.69. The van der Waals surface area contributed by atoms with Crippen LogP contribution in [0.3, 0.4) is 0 Å². The Morgan fingerprint density at radius 2 is 0.925 bits per heavy atom. The molecular formula is C49H32N4. The topological polar surface area (TPSA) is 26.0 Å². The molecule has 53 heavy (non-hydrogen) atoms. The predicted octanol–water partition coefficient (Wildman–Crippen LogP) is 12.9. The molecule has 4 heterocycles. The molecule has 0 radical (unpaired) electrons. The van der Waals surface area contributed by atoms with Crippen LogP contribution in [-0.4, -0.2) is 14.1 Å². The second-order valence-electron chi connectivity index (χ2n) is 13.6. The van der Waals surface area contributed by atoms with Crippen molar-refractivity contribution in [2.75, 3.05) is 4.90 Å². The Hall–Kier alpha value is -7.17. The zero-order valence-corrected chi connectivity index (χ0v) is 28.8. The molecule has 0 spiro atoms. The third-order valence-electron chi connectivity index (χ3n) is 10.7. The van der Waals surface area contributed by atoms with Crippen LogP contribution in [0.5, 0.6) is 0 Å². The minimum atomic E-state index is 1.07. The van der Waals surface area contributed by atoms with Crippen molar-refractivity contribution in [1.29, 1.82) is 0 Å². The van der Waals surface area contributed by atoms with Crippen molar-refractivity contribution in [2.45, 2.75) is 0 Å². The normalized spacial score (nSPS) is 12.1. The lowest BCUT2D eigenvalue weighted by Crippen LogP contribution is -2.11. The minimum absolute atomic E-state index is 1.07. The van der Waals surface area contributed by atoms with Crippen molar-refractivity contribution in [1.82, 2.24) is 14.1 Å². The second kappa shape index (κ2) is 11.7. The molecular weight excluding hydrogens is 645 g/mol. The number of anilines is 3. The van der Waals surface area contributed by atoms with E-state index in [2.05, 4.69) is 195 Å². The third kappa shape index (κ3) is 4.46. The van der Waals surface area contributed by atoms with Gasteiger partial charge in [0.25, 0.3) is 0 Å². The smallest absolute Gasteiger partial charge is 0.0641 e. The molecule has 11 rings (SSSR count). The van der Waals surface area contributed by atoms with E-state index < -0.39 is 0 Å². The molecule has 0 atom stereocenters. The molecule has 10 aromatic rings. The van der Waals surface area contributed by atoms with Gasteiger partial charge in [0.1, 0.15) is 0 Å². The van der Waals surface area contributed by atoms with Gasteiger partial charge in [-0.25, -0.2) is 0 Å². The average molecular weight is 677 g/mol. The summed E-state index contributed by atoms with van der Waals surface area (Å²) in [4.78, 5) is 6.97. The number of hydrogen-bond donors (Lipinski definition) is 0. The van der Waals surface area contributed by atoms with Gasteiger partial charge in [-0.15, -0.1) is 0 Å². The molecule has 3 aromatic heterocycles. The third-order valence-corrected chi connectivity index (χ3v) is 10.7. The quantitative estimate of drug-likeness (QED) is 0.185. The Morgan fingerprint density at radius 3 is 1.60 bits per heavy atom. The SMILES string of the molecule is c1ccc(N2c3ccccc3-c3c(n(-c4cc(-c5cccnc5)cc(-n5c6ccccc6c6ccccc65)c4)c4ccccc34)-c3ccccc32)cc1. The fourth-order valence-corrected chi connectivity index (χ4v) is 8.52. The highest BCUT2D eigenvalue weighted by Gasteiger charge is 2.31. The van der Waals surface area contributed by atoms with Crippen LogP contribution in [0.1, 0.15) is 0 Å². The summed E-state index contributed by atoms with van der Waals surface area (Å²) < 4.78 is 4.91. The van der Waals surface area contributed by atoms with Crippen LogP contribution >= 0.6 is 0 Å². The van der Waals surface area contributed by atoms with Gasteiger partial charge in [0.05, 0.1) is 33.6 Å². The van der Waals surface area contributed by atoms with E-state index in [4.69, 9.17) is 0 Å². The van der Waals surface area contributed by atoms with Gasteiger partial charge >= 0.3 is 0 Å². The van der Waals surface area contributed by atoms with Crippen molar-refractivity contribution < 1.29 is 0 Å². The standard InChI is InChI=1S/C49H32N4/c1-2-16-35(17-3-1)51-45-25-11-6-20-40(45)48-41-21-7-12-26-46(41)53(49(48)42-22-8-13-27-47(42)51)37-30-34(33-15-14-28-50-32-33)29-36(31-37)52-43-23-9-4-18-38(43)39-19-5-10-24-44(39)52/h1-32H. The molecule has 0 saturated carbocycles. The van der Waals surface area contributed by atoms with Gasteiger partial charge < -0.3 is 14.0 Å². The van der Waals surface area contributed by atoms with Crippen LogP contribution in [0.25, 0.3) is 77.6 Å². The van der Waals surface area contributed by atoms with Crippen LogP contribution in [0.15, 0.2) is 194 Å². The fourth-order valence-electron chi connectivity index (χ4n) is 8.52. The molecule has 4 nitrogen and oxygen atoms in total. The molecule has 0 amide bonds. The Bertz CT molecular complexity index is 2950. The molecule has 0 bridgehead atoms. The number of pyridine rings is 1. The summed E-state index contributed by atoms with van der Waals surface area (Å²) in [6, 6.07) is 65.9. The van der Waals surface area contributed by atoms with E-state index in [0.29, 0.717) is 0 Å². The summed E-state index contributed by atoms with van der Waals surface area (Å²) in [6.07, 6.45) is 3.81. The Morgan fingerprint density at radius 1 is 0.377 bits per heavy atom. The predicted molar refractivity (Wildman–Crippen MR) is 220 cm³/mol. The van der Waals surface area contributed by atoms with E-state index in [1.807, 2.05) is 18.5 Å². The molecule has 0 aliphatic carbocycles. The summed E-state index contributed by atoms with van der Waals surface area (Å²) >= 11 is 0. The van der Waals surface area contributed by atoms with Crippen molar-refractivity contribution in [3.63, 3.8) is 0 Å². The minimum Gasteiger partial charge on any atom is -0.309 e. The highest BCUT2D eigenvalue weighted by atomic mass is 15.2. The summed E-state index contributed by atoms with van der Waals surface area (Å²) in [5.41, 5.74) is 16.1. The number of hydrogen-bond acceptors (Lipinski definition) is 2. The maximum Gasteiger partial charge on any atom is 0.0641 e. The van der Waals surface area contributed by atoms with Gasteiger partial charge in [-0.2, -0.15) is 0 Å². The maximum absolute atomic E-state index is 4.55. The molecule has 248 valence electrons. The Labute approximate surface area is 307 Å². The van der Waals surface area contributed by atoms with Gasteiger partial charge in [0.2, 0.25) is 0 Å². The number of benzene rings is 7. The molecule has 0 N–H and O–H groups in total. The van der Waals surface area contributed by atoms with Crippen LogP contribution in [0.4, 0.5) is 17.1 Å². The van der Waals surface area contributed by atoms with Gasteiger partial charge in [0, 0.05) is 67.9 Å². The van der Waals surface area contributed by atoms with Gasteiger partial charge in [-0.3, -0.25) is 4.98 Å². The van der Waals surface area contributed by atoms with Crippen molar-refractivity contribution in [3.8, 4) is 44.9 Å². The highest BCUT2D eigenvalue weighted by Crippen LogP contribution is 2.54. The zero-order valence-electron chi connectivity index (χ0n) is 28.8. The Balaban J connectivity index is 1.28. The van der Waals surface area contributed by atoms with Crippen LogP contribution in [0.2, 0.25) is 0 Å². The molecule has 0 fully saturated rings. The first-order chi connectivity index (χ1) is 26.3. The number of para-hydroxylation sites is 6. The maximum atomic E-state index is 4.55. The molecule has 1 aliphatic rings. The lowest BCUT2D eigenvalue weighted by atomic mass is 9.98. The molecule has 1 aliphatic heterocycles. The average Bonchev–Trinajstić information content (AvgIpc) is 3.71. The van der Waals surface area contributed by atoms with E-state index >= 15 is 0 Å². The summed E-state index contributed by atoms with van der Waals surface area (Å²) in [7, 11) is 0. The first-order valence-corrected chi connectivity index (χ1v) is 18.1. The molecule has 0 saturated heterocycles. The number of aromatic nitrogens is 3. The number of fused-ring (bicyclic) bond motifs is 10. The monoisotopic (exact) mass is 676 g/mol. The van der Waals surface area contributed by atoms with E-state index in [1.54, 1.807) is 0 Å². The Kier molecular flexibility index (Phi) is 6.52. The zero-order chi connectivity index (χ0) is 34.9. The van der Waals surface area contributed by atoms with Gasteiger partial charge in [-0.05, 0) is 72.3 Å². The van der Waals surface area contributed by atoms with Crippen molar-refractivity contribution in [3.05, 3.63) is 194 Å². The largest absolute Gasteiger partial charge is 0.309 e. The lowest BCUT2D eigenvalue weighted by Gasteiger charge is -2.27. The molecule has 0 unspecified atom stereocenters. The molecule has 4 heteroatoms. The first kappa shape index (κ1) is 29.5. The van der Waals surface area contributed by atoms with E-state index in [1.165, 1.54) is 49.6 Å². The highest BCUT2D eigenvalue weighted by molar-refractivity contribution is 6.13. The lowest BCUT2D eigenvalue weighted by molar-refractivity contribution is 1.11. The number of nitrogens with zero attached hydrogens (tertiary/aromatic N) is 4. The van der Waals surface area contributed by atoms with E-state index in [9.17, 15) is 0 Å². The number of rotatable bonds is 4. The summed E-state index contributed by atoms with van der Waals surface area (Å²) in [6.45, 7) is 0. The van der Waals surface area contributed by atoms with Crippen LogP contribution in [-0.2, 0) is 0 Å².